The zero-order valence-electron chi connectivity index (χ0n) is 10.4. The Hall–Kier alpha value is -3.44. The van der Waals surface area contributed by atoms with E-state index in [-0.39, 0.29) is 43.9 Å². The van der Waals surface area contributed by atoms with Gasteiger partial charge in [0.25, 0.3) is 11.4 Å². The molecule has 2 heterocycles. The summed E-state index contributed by atoms with van der Waals surface area (Å²) in [5, 5.41) is 18.8. The van der Waals surface area contributed by atoms with Crippen molar-refractivity contribution >= 4 is 56.9 Å². The maximum Gasteiger partial charge on any atom is 0.273 e. The van der Waals surface area contributed by atoms with Gasteiger partial charge >= 0.3 is 0 Å². The van der Waals surface area contributed by atoms with Crippen molar-refractivity contribution in [2.75, 3.05) is 0 Å². The monoisotopic (exact) mass is 320 g/mol. The van der Waals surface area contributed by atoms with Gasteiger partial charge in [0.05, 0.1) is 48.7 Å². The summed E-state index contributed by atoms with van der Waals surface area (Å²) in [5.41, 5.74) is 0.771. The summed E-state index contributed by atoms with van der Waals surface area (Å²) < 4.78 is 16.4. The minimum absolute atomic E-state index is 0.178. The summed E-state index contributed by atoms with van der Waals surface area (Å²) >= 11 is 1.74. The topological polar surface area (TPSA) is 108 Å². The zero-order chi connectivity index (χ0) is 15.7. The third-order valence-electron chi connectivity index (χ3n) is 2.83. The first kappa shape index (κ1) is 13.5. The number of rotatable bonds is 0. The van der Waals surface area contributed by atoms with Crippen LogP contribution >= 0.6 is 23.5 Å². The molecule has 0 aliphatic carbocycles. The first-order valence-corrected chi connectivity index (χ1v) is 6.93. The van der Waals surface area contributed by atoms with Crippen molar-refractivity contribution in [3.05, 3.63) is 33.3 Å². The Kier molecular flexibility index (Phi) is 3.17. The smallest absolute Gasteiger partial charge is 0.226 e. The van der Waals surface area contributed by atoms with Crippen molar-refractivity contribution in [2.24, 2.45) is 0 Å². The first-order valence-electron chi connectivity index (χ1n) is 5.47. The zero-order valence-corrected chi connectivity index (χ0v) is 12.0. The van der Waals surface area contributed by atoms with E-state index in [9.17, 15) is 0 Å². The second-order valence-corrected chi connectivity index (χ2v) is 4.87. The standard InChI is InChI=1S/C12N8S2/c1-15-5(3-13)7-9-11(19-21-17-9)8(6(4-14)16-2)12-10(7)18-22-20-12. The van der Waals surface area contributed by atoms with Gasteiger partial charge in [-0.05, 0) is 0 Å². The van der Waals surface area contributed by atoms with Gasteiger partial charge in [-0.2, -0.15) is 17.5 Å². The predicted octanol–water partition coefficient (Wildman–Crippen LogP) is 0.798. The average Bonchev–Trinajstić information content (AvgIpc) is 3.19. The molecule has 0 amide bonds. The lowest BCUT2D eigenvalue weighted by molar-refractivity contribution is 1.49. The molecule has 0 aliphatic heterocycles. The van der Waals surface area contributed by atoms with Gasteiger partial charge < -0.3 is 0 Å². The van der Waals surface area contributed by atoms with Crippen LogP contribution in [-0.4, -0.2) is 17.5 Å². The Bertz CT molecular complexity index is 1040. The summed E-state index contributed by atoms with van der Waals surface area (Å²) in [6.45, 7) is 14.3. The Labute approximate surface area is 130 Å². The van der Waals surface area contributed by atoms with E-state index < -0.39 is 0 Å². The van der Waals surface area contributed by atoms with Crippen molar-refractivity contribution in [1.29, 1.82) is 10.5 Å². The lowest BCUT2D eigenvalue weighted by Gasteiger charge is -1.96. The van der Waals surface area contributed by atoms with Crippen LogP contribution in [0.1, 0.15) is 0 Å². The summed E-state index contributed by atoms with van der Waals surface area (Å²) in [7, 11) is 0. The van der Waals surface area contributed by atoms with Crippen molar-refractivity contribution in [3.8, 4) is 12.1 Å². The Balaban J connectivity index is 2.89. The summed E-state index contributed by atoms with van der Waals surface area (Å²) in [6.07, 6.45) is 0. The molecule has 8 nitrogen and oxygen atoms in total. The minimum atomic E-state index is -0.178. The highest BCUT2D eigenvalue weighted by molar-refractivity contribution is 7.00. The van der Waals surface area contributed by atoms with Gasteiger partial charge in [-0.15, -0.1) is 0 Å². The highest BCUT2D eigenvalue weighted by Crippen LogP contribution is 2.14. The molecule has 0 atom stereocenters. The number of aromatic nitrogens is 4. The lowest BCUT2D eigenvalue weighted by atomic mass is 10.1. The normalized spacial score (nSPS) is 9.64. The van der Waals surface area contributed by atoms with Crippen LogP contribution in [0, 0.1) is 35.8 Å². The van der Waals surface area contributed by atoms with Gasteiger partial charge in [-0.25, -0.2) is 20.2 Å². The van der Waals surface area contributed by atoms with Gasteiger partial charge in [-0.1, -0.05) is 0 Å². The molecular formula is C12N8S2. The van der Waals surface area contributed by atoms with Crippen LogP contribution < -0.4 is 10.4 Å². The first-order chi connectivity index (χ1) is 10.8. The van der Waals surface area contributed by atoms with Crippen molar-refractivity contribution < 1.29 is 0 Å². The van der Waals surface area contributed by atoms with E-state index in [1.54, 1.807) is 0 Å². The molecule has 0 spiro atoms. The van der Waals surface area contributed by atoms with Gasteiger partial charge in [0.1, 0.15) is 22.1 Å². The molecule has 0 radical (unpaired) electrons. The molecule has 0 saturated heterocycles. The molecule has 2 aromatic heterocycles. The third-order valence-corrected chi connectivity index (χ3v) is 3.89. The summed E-state index contributed by atoms with van der Waals surface area (Å²) in [4.78, 5) is 6.40. The van der Waals surface area contributed by atoms with E-state index in [1.165, 1.54) is 0 Å². The Morgan fingerprint density at radius 1 is 0.773 bits per heavy atom. The SMILES string of the molecule is [C-]#[N+]C(C#N)=c1c2nsnc2c(=C(C#N)[N+]#[C-])c2nsnc12. The molecule has 1 aromatic carbocycles. The number of hydrogen-bond acceptors (Lipinski definition) is 8. The maximum absolute atomic E-state index is 9.15. The van der Waals surface area contributed by atoms with Crippen molar-refractivity contribution in [2.45, 2.75) is 0 Å². The molecule has 0 N–H and O–H groups in total. The fourth-order valence-electron chi connectivity index (χ4n) is 1.98. The predicted molar refractivity (Wildman–Crippen MR) is 78.9 cm³/mol. The molecule has 0 bridgehead atoms. The van der Waals surface area contributed by atoms with Gasteiger partial charge in [0.2, 0.25) is 0 Å². The number of nitrogens with zero attached hydrogens (tertiary/aromatic N) is 8. The van der Waals surface area contributed by atoms with Crippen molar-refractivity contribution in [1.82, 2.24) is 17.5 Å². The van der Waals surface area contributed by atoms with E-state index in [2.05, 4.69) is 27.2 Å². The fraction of sp³-hybridized carbons (Fsp3) is 0. The number of hydrogen-bond donors (Lipinski definition) is 0. The third kappa shape index (κ3) is 1.70. The maximum atomic E-state index is 9.15. The number of benzene rings is 1. The van der Waals surface area contributed by atoms with Crippen LogP contribution in [0.3, 0.4) is 0 Å². The molecule has 0 aliphatic rings. The van der Waals surface area contributed by atoms with Crippen molar-refractivity contribution in [3.63, 3.8) is 0 Å². The number of fused-ring (bicyclic) bond motifs is 2. The van der Waals surface area contributed by atoms with Crippen LogP contribution in [0.5, 0.6) is 0 Å². The van der Waals surface area contributed by atoms with Gasteiger partial charge in [0, 0.05) is 10.4 Å². The highest BCUT2D eigenvalue weighted by Gasteiger charge is 2.17. The van der Waals surface area contributed by atoms with E-state index in [1.807, 2.05) is 12.1 Å². The molecule has 100 valence electrons. The summed E-state index contributed by atoms with van der Waals surface area (Å²) in [5.74, 6) is 0. The average molecular weight is 320 g/mol. The molecule has 10 heteroatoms. The van der Waals surface area contributed by atoms with Gasteiger partial charge in [0.15, 0.2) is 0 Å². The Morgan fingerprint density at radius 2 is 1.09 bits per heavy atom. The Morgan fingerprint density at radius 3 is 1.32 bits per heavy atom. The second kappa shape index (κ2) is 5.16. The number of nitriles is 2. The quantitative estimate of drug-likeness (QED) is 0.567. The highest BCUT2D eigenvalue weighted by atomic mass is 32.1. The van der Waals surface area contributed by atoms with E-state index >= 15 is 0 Å². The lowest BCUT2D eigenvalue weighted by Crippen LogP contribution is -2.18. The van der Waals surface area contributed by atoms with Crippen LogP contribution in [0.4, 0.5) is 0 Å². The van der Waals surface area contributed by atoms with Crippen LogP contribution in [0.2, 0.25) is 0 Å². The molecule has 3 rings (SSSR count). The second-order valence-electron chi connectivity index (χ2n) is 3.82. The van der Waals surface area contributed by atoms with Crippen LogP contribution in [-0.2, 0) is 0 Å². The van der Waals surface area contributed by atoms with E-state index in [4.69, 9.17) is 23.7 Å². The molecule has 0 fully saturated rings. The molecule has 3 aromatic rings. The van der Waals surface area contributed by atoms with Gasteiger partial charge in [-0.3, -0.25) is 0 Å². The molecule has 0 saturated carbocycles. The molecular weight excluding hydrogens is 320 g/mol. The largest absolute Gasteiger partial charge is 0.273 e. The fourth-order valence-corrected chi connectivity index (χ4v) is 3.10. The summed E-state index contributed by atoms with van der Waals surface area (Å²) in [6, 6.07) is 3.62. The van der Waals surface area contributed by atoms with E-state index in [0.717, 1.165) is 23.5 Å². The van der Waals surface area contributed by atoms with Crippen LogP contribution in [0.25, 0.3) is 43.2 Å². The van der Waals surface area contributed by atoms with Crippen LogP contribution in [0.15, 0.2) is 0 Å². The minimum Gasteiger partial charge on any atom is -0.226 e. The molecule has 22 heavy (non-hydrogen) atoms. The van der Waals surface area contributed by atoms with E-state index in [0.29, 0.717) is 0 Å². The molecule has 0 unspecified atom stereocenters.